The van der Waals surface area contributed by atoms with E-state index < -0.39 is 11.7 Å². The van der Waals surface area contributed by atoms with Crippen molar-refractivity contribution in [3.8, 4) is 5.75 Å². The number of hydrogen-bond acceptors (Lipinski definition) is 4. The summed E-state index contributed by atoms with van der Waals surface area (Å²) in [5, 5.41) is 0. The molecule has 1 atom stereocenters. The van der Waals surface area contributed by atoms with Crippen molar-refractivity contribution in [2.75, 3.05) is 36.0 Å². The van der Waals surface area contributed by atoms with E-state index in [0.29, 0.717) is 31.1 Å². The minimum atomic E-state index is -0.475. The normalized spacial score (nSPS) is 18.8. The molecule has 0 bridgehead atoms. The van der Waals surface area contributed by atoms with Crippen LogP contribution in [0.3, 0.4) is 0 Å². The van der Waals surface area contributed by atoms with Gasteiger partial charge in [-0.3, -0.25) is 14.5 Å². The molecule has 2 amide bonds. The average Bonchev–Trinajstić information content (AvgIpc) is 2.87. The Morgan fingerprint density at radius 2 is 1.83 bits per heavy atom. The summed E-state index contributed by atoms with van der Waals surface area (Å²) in [4.78, 5) is 32.3. The van der Waals surface area contributed by atoms with Gasteiger partial charge in [0.2, 0.25) is 5.91 Å². The van der Waals surface area contributed by atoms with Crippen LogP contribution in [0.1, 0.15) is 18.1 Å². The molecule has 0 aromatic heterocycles. The molecule has 0 aliphatic carbocycles. The number of para-hydroxylation sites is 2. The Hall–Kier alpha value is -4.13. The number of benzene rings is 3. The van der Waals surface area contributed by atoms with Crippen LogP contribution in [0.5, 0.6) is 5.75 Å². The number of carbonyl (C=O) groups is 2. The predicted molar refractivity (Wildman–Crippen MR) is 138 cm³/mol. The van der Waals surface area contributed by atoms with Gasteiger partial charge in [0.05, 0.1) is 5.69 Å². The molecule has 2 aliphatic heterocycles. The minimum absolute atomic E-state index is 0.0239. The number of piperazine rings is 1. The number of carbonyl (C=O) groups excluding carboxylic acids is 2. The second kappa shape index (κ2) is 9.85. The van der Waals surface area contributed by atoms with E-state index in [4.69, 9.17) is 4.74 Å². The Morgan fingerprint density at radius 1 is 1.06 bits per heavy atom. The van der Waals surface area contributed by atoms with E-state index >= 15 is 0 Å². The van der Waals surface area contributed by atoms with E-state index in [2.05, 4.69) is 36.9 Å². The fraction of sp³-hybridized carbons (Fsp3) is 0.241. The topological polar surface area (TPSA) is 53.1 Å². The second-order valence-corrected chi connectivity index (χ2v) is 9.21. The molecule has 1 fully saturated rings. The van der Waals surface area contributed by atoms with Gasteiger partial charge in [-0.15, -0.1) is 0 Å². The van der Waals surface area contributed by atoms with Gasteiger partial charge in [-0.2, -0.15) is 0 Å². The number of ether oxygens (including phenoxy) is 1. The van der Waals surface area contributed by atoms with Gasteiger partial charge in [-0.05, 0) is 55.8 Å². The molecule has 1 saturated heterocycles. The van der Waals surface area contributed by atoms with Crippen molar-refractivity contribution in [3.05, 3.63) is 95.5 Å². The number of halogens is 1. The molecule has 184 valence electrons. The molecule has 6 nitrogen and oxygen atoms in total. The van der Waals surface area contributed by atoms with Crippen LogP contribution in [-0.4, -0.2) is 48.9 Å². The van der Waals surface area contributed by atoms with Crippen LogP contribution in [0.15, 0.2) is 78.6 Å². The molecule has 2 aliphatic rings. The lowest BCUT2D eigenvalue weighted by atomic mass is 10.1. The van der Waals surface area contributed by atoms with Crippen molar-refractivity contribution in [2.45, 2.75) is 19.9 Å². The van der Waals surface area contributed by atoms with Crippen LogP contribution in [-0.2, 0) is 9.59 Å². The van der Waals surface area contributed by atoms with Crippen LogP contribution in [0.2, 0.25) is 0 Å². The summed E-state index contributed by atoms with van der Waals surface area (Å²) in [6.07, 6.45) is 1.38. The zero-order valence-electron chi connectivity index (χ0n) is 20.4. The standard InChI is InChI=1S/C29H28FN3O3/c1-20-8-7-10-23(16-20)32-15-14-31(18-21(32)2)28(34)19-33-25-12-5-6-13-26(25)36-27(29(33)35)17-22-9-3-4-11-24(22)30/h3-13,16-17,21H,14-15,18-19H2,1-2H3/b27-17+. The lowest BCUT2D eigenvalue weighted by molar-refractivity contribution is -0.132. The highest BCUT2D eigenvalue weighted by Gasteiger charge is 2.34. The molecule has 0 spiro atoms. The van der Waals surface area contributed by atoms with Crippen LogP contribution >= 0.6 is 0 Å². The molecule has 3 aromatic carbocycles. The van der Waals surface area contributed by atoms with E-state index in [1.54, 1.807) is 42.5 Å². The maximum Gasteiger partial charge on any atom is 0.294 e. The van der Waals surface area contributed by atoms with Crippen molar-refractivity contribution < 1.29 is 18.7 Å². The summed E-state index contributed by atoms with van der Waals surface area (Å²) >= 11 is 0. The molecule has 1 unspecified atom stereocenters. The lowest BCUT2D eigenvalue weighted by Gasteiger charge is -2.42. The lowest BCUT2D eigenvalue weighted by Crippen LogP contribution is -2.56. The largest absolute Gasteiger partial charge is 0.449 e. The molecule has 0 saturated carbocycles. The Bertz CT molecular complexity index is 1340. The first-order valence-corrected chi connectivity index (χ1v) is 12.1. The molecule has 0 radical (unpaired) electrons. The van der Waals surface area contributed by atoms with Gasteiger partial charge in [0.15, 0.2) is 11.5 Å². The maximum atomic E-state index is 14.2. The first kappa shape index (κ1) is 23.6. The number of amides is 2. The van der Waals surface area contributed by atoms with Crippen molar-refractivity contribution in [1.29, 1.82) is 0 Å². The smallest absolute Gasteiger partial charge is 0.294 e. The summed E-state index contributed by atoms with van der Waals surface area (Å²) in [7, 11) is 0. The first-order valence-electron chi connectivity index (χ1n) is 12.1. The van der Waals surface area contributed by atoms with Crippen molar-refractivity contribution in [3.63, 3.8) is 0 Å². The van der Waals surface area contributed by atoms with Crippen molar-refractivity contribution in [2.24, 2.45) is 0 Å². The zero-order valence-corrected chi connectivity index (χ0v) is 20.4. The van der Waals surface area contributed by atoms with E-state index in [9.17, 15) is 14.0 Å². The van der Waals surface area contributed by atoms with Gasteiger partial charge in [0.25, 0.3) is 5.91 Å². The van der Waals surface area contributed by atoms with Crippen LogP contribution in [0, 0.1) is 12.7 Å². The monoisotopic (exact) mass is 485 g/mol. The molecule has 3 aromatic rings. The molecule has 2 heterocycles. The van der Waals surface area contributed by atoms with Gasteiger partial charge in [-0.1, -0.05) is 42.5 Å². The molecular formula is C29H28FN3O3. The van der Waals surface area contributed by atoms with Crippen LogP contribution in [0.25, 0.3) is 6.08 Å². The fourth-order valence-electron chi connectivity index (χ4n) is 4.76. The zero-order chi connectivity index (χ0) is 25.2. The van der Waals surface area contributed by atoms with E-state index in [-0.39, 0.29) is 29.8 Å². The maximum absolute atomic E-state index is 14.2. The summed E-state index contributed by atoms with van der Waals surface area (Å²) in [6.45, 7) is 5.89. The first-order chi connectivity index (χ1) is 17.4. The Morgan fingerprint density at radius 3 is 2.61 bits per heavy atom. The summed E-state index contributed by atoms with van der Waals surface area (Å²) < 4.78 is 20.1. The number of rotatable bonds is 4. The van der Waals surface area contributed by atoms with Gasteiger partial charge < -0.3 is 14.5 Å². The van der Waals surface area contributed by atoms with Gasteiger partial charge in [-0.25, -0.2) is 4.39 Å². The SMILES string of the molecule is Cc1cccc(N2CCN(C(=O)CN3C(=O)/C(=C\c4ccccc4F)Oc4ccccc43)CC2C)c1. The van der Waals surface area contributed by atoms with Crippen molar-refractivity contribution in [1.82, 2.24) is 4.90 Å². The fourth-order valence-corrected chi connectivity index (χ4v) is 4.76. The summed E-state index contributed by atoms with van der Waals surface area (Å²) in [6, 6.07) is 21.7. The third-order valence-corrected chi connectivity index (χ3v) is 6.63. The molecule has 5 rings (SSSR count). The van der Waals surface area contributed by atoms with Crippen LogP contribution < -0.4 is 14.5 Å². The highest BCUT2D eigenvalue weighted by molar-refractivity contribution is 6.12. The number of fused-ring (bicyclic) bond motifs is 1. The Balaban J connectivity index is 1.35. The Kier molecular flexibility index (Phi) is 6.46. The van der Waals surface area contributed by atoms with Crippen LogP contribution in [0.4, 0.5) is 15.8 Å². The van der Waals surface area contributed by atoms with Crippen molar-refractivity contribution >= 4 is 29.3 Å². The molecular weight excluding hydrogens is 457 g/mol. The van der Waals surface area contributed by atoms with Gasteiger partial charge >= 0.3 is 0 Å². The number of anilines is 2. The third-order valence-electron chi connectivity index (χ3n) is 6.63. The highest BCUT2D eigenvalue weighted by atomic mass is 19.1. The average molecular weight is 486 g/mol. The molecule has 7 heteroatoms. The quantitative estimate of drug-likeness (QED) is 0.506. The third kappa shape index (κ3) is 4.69. The van der Waals surface area contributed by atoms with E-state index in [0.717, 1.165) is 5.69 Å². The van der Waals surface area contributed by atoms with E-state index in [1.165, 1.54) is 22.6 Å². The number of hydrogen-bond donors (Lipinski definition) is 0. The number of aryl methyl sites for hydroxylation is 1. The highest BCUT2D eigenvalue weighted by Crippen LogP contribution is 2.36. The predicted octanol–water partition coefficient (Wildman–Crippen LogP) is 4.64. The van der Waals surface area contributed by atoms with Gasteiger partial charge in [0.1, 0.15) is 12.4 Å². The van der Waals surface area contributed by atoms with E-state index in [1.807, 2.05) is 11.0 Å². The summed E-state index contributed by atoms with van der Waals surface area (Å²) in [5.41, 5.74) is 3.11. The molecule has 0 N–H and O–H groups in total. The second-order valence-electron chi connectivity index (χ2n) is 9.21. The van der Waals surface area contributed by atoms with Gasteiger partial charge in [0, 0.05) is 36.9 Å². The Labute approximate surface area is 210 Å². The minimum Gasteiger partial charge on any atom is -0.449 e. The molecule has 36 heavy (non-hydrogen) atoms. The summed E-state index contributed by atoms with van der Waals surface area (Å²) in [5.74, 6) is -0.643. The number of nitrogens with zero attached hydrogens (tertiary/aromatic N) is 3.